The van der Waals surface area contributed by atoms with E-state index < -0.39 is 0 Å². The normalized spacial score (nSPS) is 12.6. The van der Waals surface area contributed by atoms with Gasteiger partial charge in [0.15, 0.2) is 0 Å². The van der Waals surface area contributed by atoms with Crippen molar-refractivity contribution >= 4 is 44.4 Å². The molecule has 0 unspecified atom stereocenters. The molecule has 5 aromatic carbocycles. The molecule has 0 N–H and O–H groups in total. The first-order valence-electron chi connectivity index (χ1n) is 29.2. The van der Waals surface area contributed by atoms with Crippen molar-refractivity contribution in [2.24, 2.45) is 0 Å². The van der Waals surface area contributed by atoms with E-state index in [-0.39, 0.29) is 77.1 Å². The monoisotopic (exact) mass is 1600 g/mol. The molecule has 3 heterocycles. The third kappa shape index (κ3) is 27.7. The molecule has 4 nitrogen and oxygen atoms in total. The molecule has 433 valence electrons. The van der Waals surface area contributed by atoms with E-state index in [4.69, 9.17) is 9.31 Å². The molecule has 0 aliphatic carbocycles. The van der Waals surface area contributed by atoms with Crippen LogP contribution in [0.25, 0.3) is 33.6 Å². The molecule has 1 aliphatic rings. The van der Waals surface area contributed by atoms with Crippen LogP contribution in [0.5, 0.6) is 0 Å². The maximum atomic E-state index is 6.10. The van der Waals surface area contributed by atoms with Gasteiger partial charge < -0.3 is 19.3 Å². The largest absolute Gasteiger partial charge is 0.494 e. The second-order valence-corrected chi connectivity index (χ2v) is 23.4. The Morgan fingerprint density at radius 1 is 0.425 bits per heavy atom. The minimum absolute atomic E-state index is 0. The van der Waals surface area contributed by atoms with Crippen molar-refractivity contribution in [2.45, 2.75) is 195 Å². The third-order valence-electron chi connectivity index (χ3n) is 14.6. The van der Waals surface area contributed by atoms with E-state index in [1.54, 1.807) is 6.20 Å². The summed E-state index contributed by atoms with van der Waals surface area (Å²) in [5.74, 6) is 0. The van der Waals surface area contributed by atoms with Gasteiger partial charge in [-0.2, -0.15) is 0 Å². The van der Waals surface area contributed by atoms with E-state index in [0.717, 1.165) is 32.5 Å². The summed E-state index contributed by atoms with van der Waals surface area (Å²) in [4.78, 5) is 8.66. The fourth-order valence-electron chi connectivity index (χ4n) is 9.09. The van der Waals surface area contributed by atoms with Gasteiger partial charge in [-0.15, -0.1) is 65.2 Å². The minimum atomic E-state index is -0.269. The molecule has 7 aromatic rings. The Labute approximate surface area is 541 Å². The summed E-state index contributed by atoms with van der Waals surface area (Å²) in [6, 6.07) is 56.9. The van der Waals surface area contributed by atoms with Gasteiger partial charge in [-0.1, -0.05) is 238 Å². The Balaban J connectivity index is 0.000000372. The summed E-state index contributed by atoms with van der Waals surface area (Å²) in [6.07, 6.45) is 31.7. The van der Waals surface area contributed by atoms with Gasteiger partial charge in [0.2, 0.25) is 0 Å². The Kier molecular flexibility index (Phi) is 38.6. The predicted molar refractivity (Wildman–Crippen MR) is 338 cm³/mol. The molecular formula is C70H89BBr2Ir2N2O2V-2. The van der Waals surface area contributed by atoms with Gasteiger partial charge in [-0.05, 0) is 130 Å². The number of aryl methyl sites for hydroxylation is 3. The van der Waals surface area contributed by atoms with Crippen LogP contribution in [0.1, 0.15) is 181 Å². The summed E-state index contributed by atoms with van der Waals surface area (Å²) in [7, 11) is -0.247. The second kappa shape index (κ2) is 42.1. The number of nitrogens with zero attached hydrogens (tertiary/aromatic N) is 2. The molecule has 3 radical (unpaired) electrons. The van der Waals surface area contributed by atoms with E-state index in [0.29, 0.717) is 0 Å². The van der Waals surface area contributed by atoms with Crippen molar-refractivity contribution in [1.82, 2.24) is 9.97 Å². The van der Waals surface area contributed by atoms with Crippen molar-refractivity contribution < 1.29 is 68.1 Å². The Morgan fingerprint density at radius 2 is 0.812 bits per heavy atom. The summed E-state index contributed by atoms with van der Waals surface area (Å²) in [6.45, 7) is 15.2. The summed E-state index contributed by atoms with van der Waals surface area (Å²) >= 11 is 6.87. The van der Waals surface area contributed by atoms with Crippen LogP contribution in [0.2, 0.25) is 0 Å². The molecule has 0 bridgehead atoms. The molecule has 1 aliphatic heterocycles. The number of hydrogen-bond donors (Lipinski definition) is 0. The number of aromatic nitrogens is 2. The zero-order valence-corrected chi connectivity index (χ0v) is 58.4. The average molecular weight is 1600 g/mol. The van der Waals surface area contributed by atoms with Gasteiger partial charge in [-0.3, -0.25) is 0 Å². The molecule has 0 saturated carbocycles. The second-order valence-electron chi connectivity index (χ2n) is 21.5. The maximum absolute atomic E-state index is 6.10. The molecule has 0 spiro atoms. The van der Waals surface area contributed by atoms with Crippen LogP contribution in [-0.2, 0) is 87.3 Å². The van der Waals surface area contributed by atoms with E-state index in [1.807, 2.05) is 66.9 Å². The van der Waals surface area contributed by atoms with E-state index >= 15 is 0 Å². The number of rotatable bonds is 25. The molecule has 8 rings (SSSR count). The molecule has 80 heavy (non-hydrogen) atoms. The minimum Gasteiger partial charge on any atom is -0.399 e. The Morgan fingerprint density at radius 3 is 1.23 bits per heavy atom. The average Bonchev–Trinajstić information content (AvgIpc) is 3.73. The van der Waals surface area contributed by atoms with Crippen LogP contribution in [0.15, 0.2) is 167 Å². The van der Waals surface area contributed by atoms with Crippen LogP contribution >= 0.6 is 31.9 Å². The van der Waals surface area contributed by atoms with E-state index in [2.05, 4.69) is 187 Å². The van der Waals surface area contributed by atoms with Gasteiger partial charge in [0.1, 0.15) is 0 Å². The van der Waals surface area contributed by atoms with Crippen LogP contribution < -0.4 is 5.46 Å². The molecule has 10 heteroatoms. The van der Waals surface area contributed by atoms with Gasteiger partial charge in [0, 0.05) is 75.6 Å². The van der Waals surface area contributed by atoms with Gasteiger partial charge >= 0.3 is 7.12 Å². The SMILES string of the molecule is Brc1cc[c-]c(-c2ccccn2)c1.CCCCCCCCc1ccc(-c2cc[c-]c(-c3ccccn3)c2)cc1.CCCCCCCCc1ccc(B2OC(C)(C)C(C)(C)O2)cc1.CCCCCCCCc1ccc(Br)cc1.[Ir].[Ir].[V]. The van der Waals surface area contributed by atoms with Gasteiger partial charge in [0.05, 0.1) is 11.2 Å². The smallest absolute Gasteiger partial charge is 0.399 e. The predicted octanol–water partition coefficient (Wildman–Crippen LogP) is 20.7. The number of hydrogen-bond acceptors (Lipinski definition) is 4. The zero-order chi connectivity index (χ0) is 55.0. The maximum Gasteiger partial charge on any atom is 0.494 e. The van der Waals surface area contributed by atoms with Crippen molar-refractivity contribution in [3.63, 3.8) is 0 Å². The number of unbranched alkanes of at least 4 members (excludes halogenated alkanes) is 15. The van der Waals surface area contributed by atoms with E-state index in [9.17, 15) is 0 Å². The molecular weight excluding hydrogens is 1510 g/mol. The molecule has 1 fully saturated rings. The summed E-state index contributed by atoms with van der Waals surface area (Å²) < 4.78 is 14.4. The Hall–Kier alpha value is -2.77. The van der Waals surface area contributed by atoms with Crippen molar-refractivity contribution in [3.05, 3.63) is 196 Å². The standard InChI is InChI=1S/C25H28N.C20H33BO2.C14H21Br.C11H7BrN.2Ir.V/c1-2-3-4-5-6-7-11-21-15-17-22(18-16-21)23-12-10-13-24(20-23)25-14-8-9-19-26-25;1-6-7-8-9-10-11-12-17-13-15-18(16-14-17)21-22-19(2,3)20(4,5)23-21;1-2-3-4-5-6-7-8-13-9-11-14(15)12-10-13;12-10-5-3-4-9(8-10)11-6-1-2-7-13-11;;;/h8-10,12,14-20H,2-7,11H2,1H3;13-16H,6-12H2,1-5H3;9-12H,2-8H2,1H3;1-3,5-8H;;;/q-1;;;-1;;;. The number of halogens is 2. The van der Waals surface area contributed by atoms with Crippen LogP contribution in [0.3, 0.4) is 0 Å². The zero-order valence-electron chi connectivity index (χ0n) is 49.0. The quantitative estimate of drug-likeness (QED) is 0.0325. The van der Waals surface area contributed by atoms with Crippen molar-refractivity contribution in [3.8, 4) is 33.6 Å². The number of benzene rings is 5. The Bertz CT molecular complexity index is 2630. The first kappa shape index (κ1) is 73.3. The molecule has 1 saturated heterocycles. The topological polar surface area (TPSA) is 44.2 Å². The van der Waals surface area contributed by atoms with E-state index in [1.165, 1.54) is 167 Å². The molecule has 0 atom stereocenters. The summed E-state index contributed by atoms with van der Waals surface area (Å²) in [5, 5.41) is 0. The molecule has 0 amide bonds. The third-order valence-corrected chi connectivity index (χ3v) is 15.6. The van der Waals surface area contributed by atoms with Crippen molar-refractivity contribution in [2.75, 3.05) is 0 Å². The van der Waals surface area contributed by atoms with Crippen LogP contribution in [-0.4, -0.2) is 28.3 Å². The molecule has 2 aromatic heterocycles. The van der Waals surface area contributed by atoms with Gasteiger partial charge in [-0.25, -0.2) is 0 Å². The number of pyridine rings is 2. The summed E-state index contributed by atoms with van der Waals surface area (Å²) in [5.41, 5.74) is 11.3. The first-order chi connectivity index (χ1) is 37.4. The van der Waals surface area contributed by atoms with Crippen molar-refractivity contribution in [1.29, 1.82) is 0 Å². The van der Waals surface area contributed by atoms with Gasteiger partial charge in [0.25, 0.3) is 0 Å². The fraction of sp³-hybridized carbons (Fsp3) is 0.429. The first-order valence-corrected chi connectivity index (χ1v) is 30.8. The van der Waals surface area contributed by atoms with Crippen LogP contribution in [0, 0.1) is 12.1 Å². The fourth-order valence-corrected chi connectivity index (χ4v) is 9.71. The van der Waals surface area contributed by atoms with Crippen LogP contribution in [0.4, 0.5) is 0 Å².